The van der Waals surface area contributed by atoms with Crippen molar-refractivity contribution < 1.29 is 9.53 Å². The minimum Gasteiger partial charge on any atom is -0.378 e. The molecule has 0 aromatic carbocycles. The van der Waals surface area contributed by atoms with E-state index in [1.165, 1.54) is 0 Å². The minimum absolute atomic E-state index is 0.168. The van der Waals surface area contributed by atoms with Crippen molar-refractivity contribution in [3.05, 3.63) is 17.5 Å². The molecule has 0 spiro atoms. The number of hydrogen-bond acceptors (Lipinski definition) is 4. The first-order valence-electron chi connectivity index (χ1n) is 5.61. The van der Waals surface area contributed by atoms with Crippen molar-refractivity contribution in [2.45, 2.75) is 13.8 Å². The molecule has 6 heteroatoms. The Morgan fingerprint density at radius 3 is 2.47 bits per heavy atom. The van der Waals surface area contributed by atoms with Gasteiger partial charge in [-0.3, -0.25) is 5.32 Å². The number of morpholine rings is 1. The Labute approximate surface area is 100 Å². The second kappa shape index (κ2) is 5.09. The Hall–Kier alpha value is -1.69. The van der Waals surface area contributed by atoms with Crippen LogP contribution in [0.2, 0.25) is 0 Å². The molecule has 1 aromatic rings. The third kappa shape index (κ3) is 3.13. The van der Waals surface area contributed by atoms with Gasteiger partial charge in [0.05, 0.1) is 13.2 Å². The Morgan fingerprint density at radius 2 is 1.88 bits per heavy atom. The maximum absolute atomic E-state index is 11.9. The van der Waals surface area contributed by atoms with E-state index < -0.39 is 0 Å². The molecule has 1 saturated heterocycles. The maximum Gasteiger partial charge on any atom is 0.324 e. The number of rotatable bonds is 1. The molecule has 1 aromatic heterocycles. The maximum atomic E-state index is 11.9. The number of nitrogens with one attached hydrogen (secondary N) is 1. The predicted molar refractivity (Wildman–Crippen MR) is 62.9 cm³/mol. The molecule has 0 atom stereocenters. The van der Waals surface area contributed by atoms with E-state index in [4.69, 9.17) is 4.74 Å². The zero-order valence-corrected chi connectivity index (χ0v) is 10.1. The van der Waals surface area contributed by atoms with Gasteiger partial charge in [0.15, 0.2) is 0 Å². The number of hydrogen-bond donors (Lipinski definition) is 1. The largest absolute Gasteiger partial charge is 0.378 e. The van der Waals surface area contributed by atoms with Crippen molar-refractivity contribution in [3.8, 4) is 0 Å². The van der Waals surface area contributed by atoms with Crippen LogP contribution >= 0.6 is 0 Å². The highest BCUT2D eigenvalue weighted by atomic mass is 16.5. The van der Waals surface area contributed by atoms with Crippen LogP contribution in [0.4, 0.5) is 10.7 Å². The van der Waals surface area contributed by atoms with E-state index in [0.29, 0.717) is 32.3 Å². The summed E-state index contributed by atoms with van der Waals surface area (Å²) in [5, 5.41) is 2.70. The highest BCUT2D eigenvalue weighted by Gasteiger charge is 2.17. The molecular weight excluding hydrogens is 220 g/mol. The van der Waals surface area contributed by atoms with Gasteiger partial charge in [-0.05, 0) is 19.9 Å². The third-order valence-electron chi connectivity index (χ3n) is 2.50. The molecule has 1 N–H and O–H groups in total. The van der Waals surface area contributed by atoms with E-state index in [2.05, 4.69) is 15.3 Å². The molecule has 0 unspecified atom stereocenters. The van der Waals surface area contributed by atoms with Crippen LogP contribution in [0.3, 0.4) is 0 Å². The molecule has 2 heterocycles. The van der Waals surface area contributed by atoms with E-state index in [1.807, 2.05) is 19.9 Å². The predicted octanol–water partition coefficient (Wildman–Crippen LogP) is 0.958. The summed E-state index contributed by atoms with van der Waals surface area (Å²) in [6.07, 6.45) is 0. The number of amides is 2. The normalized spacial score (nSPS) is 15.8. The average Bonchev–Trinajstić information content (AvgIpc) is 2.28. The molecular formula is C11H16N4O2. The van der Waals surface area contributed by atoms with Crippen LogP contribution in [0.5, 0.6) is 0 Å². The Bertz CT molecular complexity index is 396. The van der Waals surface area contributed by atoms with Gasteiger partial charge in [-0.1, -0.05) is 0 Å². The number of aromatic nitrogens is 2. The Kier molecular flexibility index (Phi) is 3.53. The van der Waals surface area contributed by atoms with E-state index in [9.17, 15) is 4.79 Å². The Morgan fingerprint density at radius 1 is 1.29 bits per heavy atom. The molecule has 92 valence electrons. The number of carbonyl (C=O) groups excluding carboxylic acids is 1. The summed E-state index contributed by atoms with van der Waals surface area (Å²) in [7, 11) is 0. The molecule has 2 rings (SSSR count). The van der Waals surface area contributed by atoms with Gasteiger partial charge in [-0.2, -0.15) is 0 Å². The zero-order chi connectivity index (χ0) is 12.3. The fourth-order valence-corrected chi connectivity index (χ4v) is 1.72. The summed E-state index contributed by atoms with van der Waals surface area (Å²) < 4.78 is 5.19. The van der Waals surface area contributed by atoms with Crippen LogP contribution in [0, 0.1) is 13.8 Å². The standard InChI is InChI=1S/C11H16N4O2/c1-8-7-9(2)13-10(12-8)14-11(16)15-3-5-17-6-4-15/h7H,3-6H2,1-2H3,(H,12,13,14,16). The second-order valence-corrected chi connectivity index (χ2v) is 4.00. The van der Waals surface area contributed by atoms with Gasteiger partial charge in [-0.15, -0.1) is 0 Å². The van der Waals surface area contributed by atoms with Crippen molar-refractivity contribution in [3.63, 3.8) is 0 Å². The third-order valence-corrected chi connectivity index (χ3v) is 2.50. The van der Waals surface area contributed by atoms with E-state index in [0.717, 1.165) is 11.4 Å². The van der Waals surface area contributed by atoms with Gasteiger partial charge < -0.3 is 9.64 Å². The summed E-state index contributed by atoms with van der Waals surface area (Å²) in [5.41, 5.74) is 1.68. The molecule has 1 aliphatic heterocycles. The van der Waals surface area contributed by atoms with Crippen LogP contribution < -0.4 is 5.32 Å². The highest BCUT2D eigenvalue weighted by Crippen LogP contribution is 2.06. The second-order valence-electron chi connectivity index (χ2n) is 4.00. The molecule has 1 aliphatic rings. The smallest absolute Gasteiger partial charge is 0.324 e. The van der Waals surface area contributed by atoms with Gasteiger partial charge in [0, 0.05) is 24.5 Å². The quantitative estimate of drug-likeness (QED) is 0.788. The molecule has 1 fully saturated rings. The van der Waals surface area contributed by atoms with E-state index >= 15 is 0 Å². The number of urea groups is 1. The van der Waals surface area contributed by atoms with Crippen molar-refractivity contribution in [1.82, 2.24) is 14.9 Å². The summed E-state index contributed by atoms with van der Waals surface area (Å²) in [5.74, 6) is 0.360. The van der Waals surface area contributed by atoms with E-state index in [-0.39, 0.29) is 6.03 Å². The molecule has 6 nitrogen and oxygen atoms in total. The lowest BCUT2D eigenvalue weighted by Gasteiger charge is -2.26. The van der Waals surface area contributed by atoms with Gasteiger partial charge in [0.25, 0.3) is 0 Å². The molecule has 0 aliphatic carbocycles. The first-order chi connectivity index (χ1) is 8.15. The zero-order valence-electron chi connectivity index (χ0n) is 10.1. The molecule has 17 heavy (non-hydrogen) atoms. The van der Waals surface area contributed by atoms with E-state index in [1.54, 1.807) is 4.90 Å². The fourth-order valence-electron chi connectivity index (χ4n) is 1.72. The van der Waals surface area contributed by atoms with Crippen LogP contribution in [-0.2, 0) is 4.74 Å². The average molecular weight is 236 g/mol. The number of nitrogens with zero attached hydrogens (tertiary/aromatic N) is 3. The topological polar surface area (TPSA) is 67.4 Å². The van der Waals surface area contributed by atoms with Crippen LogP contribution in [0.15, 0.2) is 6.07 Å². The first-order valence-corrected chi connectivity index (χ1v) is 5.61. The lowest BCUT2D eigenvalue weighted by molar-refractivity contribution is 0.0564. The van der Waals surface area contributed by atoms with Gasteiger partial charge in [-0.25, -0.2) is 14.8 Å². The monoisotopic (exact) mass is 236 g/mol. The van der Waals surface area contributed by atoms with Crippen molar-refractivity contribution in [2.24, 2.45) is 0 Å². The summed E-state index contributed by atoms with van der Waals surface area (Å²) in [6.45, 7) is 6.13. The van der Waals surface area contributed by atoms with Crippen molar-refractivity contribution in [2.75, 3.05) is 31.6 Å². The first kappa shape index (κ1) is 11.8. The van der Waals surface area contributed by atoms with Crippen molar-refractivity contribution in [1.29, 1.82) is 0 Å². The number of ether oxygens (including phenoxy) is 1. The van der Waals surface area contributed by atoms with Gasteiger partial charge in [0.1, 0.15) is 0 Å². The molecule has 0 bridgehead atoms. The fraction of sp³-hybridized carbons (Fsp3) is 0.545. The van der Waals surface area contributed by atoms with Gasteiger partial charge >= 0.3 is 6.03 Å². The SMILES string of the molecule is Cc1cc(C)nc(NC(=O)N2CCOCC2)n1. The molecule has 0 radical (unpaired) electrons. The minimum atomic E-state index is -0.168. The number of aryl methyl sites for hydroxylation is 2. The van der Waals surface area contributed by atoms with Crippen LogP contribution in [0.1, 0.15) is 11.4 Å². The lowest BCUT2D eigenvalue weighted by Crippen LogP contribution is -2.43. The summed E-state index contributed by atoms with van der Waals surface area (Å²) in [6, 6.07) is 1.70. The number of anilines is 1. The summed E-state index contributed by atoms with van der Waals surface area (Å²) >= 11 is 0. The molecule has 0 saturated carbocycles. The lowest BCUT2D eigenvalue weighted by atomic mass is 10.4. The number of carbonyl (C=O) groups is 1. The Balaban J connectivity index is 2.01. The summed E-state index contributed by atoms with van der Waals surface area (Å²) in [4.78, 5) is 21.9. The molecule has 2 amide bonds. The van der Waals surface area contributed by atoms with Crippen LogP contribution in [-0.4, -0.2) is 47.2 Å². The highest BCUT2D eigenvalue weighted by molar-refractivity contribution is 5.87. The van der Waals surface area contributed by atoms with Crippen molar-refractivity contribution >= 4 is 12.0 Å². The van der Waals surface area contributed by atoms with Gasteiger partial charge in [0.2, 0.25) is 5.95 Å². The van der Waals surface area contributed by atoms with Crippen LogP contribution in [0.25, 0.3) is 0 Å².